The van der Waals surface area contributed by atoms with E-state index >= 15 is 0 Å². The molecule has 0 N–H and O–H groups in total. The van der Waals surface area contributed by atoms with Crippen LogP contribution in [-0.2, 0) is 9.84 Å². The quantitative estimate of drug-likeness (QED) is 0.791. The van der Waals surface area contributed by atoms with Crippen LogP contribution in [0.4, 0.5) is 0 Å². The van der Waals surface area contributed by atoms with Gasteiger partial charge in [0, 0.05) is 6.26 Å². The Balaban J connectivity index is 2.90. The highest BCUT2D eigenvalue weighted by Gasteiger charge is 2.08. The second kappa shape index (κ2) is 4.79. The first-order valence-electron chi connectivity index (χ1n) is 5.25. The van der Waals surface area contributed by atoms with Gasteiger partial charge >= 0.3 is 0 Å². The van der Waals surface area contributed by atoms with E-state index in [0.29, 0.717) is 10.8 Å². The average Bonchev–Trinajstić information content (AvgIpc) is 2.17. The summed E-state index contributed by atoms with van der Waals surface area (Å²) >= 11 is 0. The Kier molecular flexibility index (Phi) is 3.91. The van der Waals surface area contributed by atoms with Crippen molar-refractivity contribution in [1.29, 1.82) is 0 Å². The molecule has 0 amide bonds. The summed E-state index contributed by atoms with van der Waals surface area (Å²) in [7, 11) is -3.06. The second-order valence-corrected chi connectivity index (χ2v) is 6.05. The van der Waals surface area contributed by atoms with Gasteiger partial charge in [0.1, 0.15) is 0 Å². The zero-order valence-electron chi connectivity index (χ0n) is 9.53. The summed E-state index contributed by atoms with van der Waals surface area (Å²) < 4.78 is 22.5. The highest BCUT2D eigenvalue weighted by Crippen LogP contribution is 2.21. The highest BCUT2D eigenvalue weighted by atomic mass is 32.2. The summed E-state index contributed by atoms with van der Waals surface area (Å²) in [5.41, 5.74) is 1.21. The lowest BCUT2D eigenvalue weighted by atomic mass is 9.97. The van der Waals surface area contributed by atoms with Gasteiger partial charge in [0.15, 0.2) is 9.84 Å². The SMILES string of the molecule is CCCC(C)c1ccc(S(C)(=O)=O)cc1. The first kappa shape index (κ1) is 12.2. The molecule has 0 aliphatic carbocycles. The Morgan fingerprint density at radius 2 is 1.73 bits per heavy atom. The minimum absolute atomic E-state index is 0.398. The monoisotopic (exact) mass is 226 g/mol. The van der Waals surface area contributed by atoms with Gasteiger partial charge in [-0.15, -0.1) is 0 Å². The van der Waals surface area contributed by atoms with E-state index < -0.39 is 9.84 Å². The molecule has 1 atom stereocenters. The van der Waals surface area contributed by atoms with Crippen molar-refractivity contribution >= 4 is 9.84 Å². The van der Waals surface area contributed by atoms with Gasteiger partial charge in [-0.25, -0.2) is 8.42 Å². The molecule has 0 bridgehead atoms. The number of benzene rings is 1. The number of hydrogen-bond acceptors (Lipinski definition) is 2. The Morgan fingerprint density at radius 1 is 1.20 bits per heavy atom. The molecule has 1 rings (SSSR count). The van der Waals surface area contributed by atoms with Crippen molar-refractivity contribution in [2.45, 2.75) is 37.5 Å². The lowest BCUT2D eigenvalue weighted by Crippen LogP contribution is -1.98. The van der Waals surface area contributed by atoms with Crippen LogP contribution < -0.4 is 0 Å². The summed E-state index contributed by atoms with van der Waals surface area (Å²) in [4.78, 5) is 0.398. The van der Waals surface area contributed by atoms with Crippen LogP contribution in [0.15, 0.2) is 29.2 Å². The summed E-state index contributed by atoms with van der Waals surface area (Å²) in [6.45, 7) is 4.32. The molecule has 3 heteroatoms. The van der Waals surface area contributed by atoms with Crippen LogP contribution in [0.5, 0.6) is 0 Å². The minimum Gasteiger partial charge on any atom is -0.224 e. The Labute approximate surface area is 92.2 Å². The van der Waals surface area contributed by atoms with Crippen LogP contribution >= 0.6 is 0 Å². The van der Waals surface area contributed by atoms with Crippen molar-refractivity contribution in [3.63, 3.8) is 0 Å². The standard InChI is InChI=1S/C12H18O2S/c1-4-5-10(2)11-6-8-12(9-7-11)15(3,13)14/h6-10H,4-5H2,1-3H3. The number of hydrogen-bond donors (Lipinski definition) is 0. The summed E-state index contributed by atoms with van der Waals surface area (Å²) in [5, 5.41) is 0. The zero-order valence-corrected chi connectivity index (χ0v) is 10.3. The van der Waals surface area contributed by atoms with Crippen molar-refractivity contribution in [3.8, 4) is 0 Å². The molecule has 0 fully saturated rings. The molecular weight excluding hydrogens is 208 g/mol. The fourth-order valence-corrected chi connectivity index (χ4v) is 2.27. The van der Waals surface area contributed by atoms with Crippen molar-refractivity contribution in [1.82, 2.24) is 0 Å². The first-order chi connectivity index (χ1) is 6.95. The summed E-state index contributed by atoms with van der Waals surface area (Å²) in [6, 6.07) is 7.21. The Hall–Kier alpha value is -0.830. The molecule has 1 aromatic rings. The van der Waals surface area contributed by atoms with E-state index in [4.69, 9.17) is 0 Å². The van der Waals surface area contributed by atoms with Gasteiger partial charge in [0.2, 0.25) is 0 Å². The Morgan fingerprint density at radius 3 is 2.13 bits per heavy atom. The van der Waals surface area contributed by atoms with Crippen LogP contribution in [0.25, 0.3) is 0 Å². The highest BCUT2D eigenvalue weighted by molar-refractivity contribution is 7.90. The van der Waals surface area contributed by atoms with E-state index in [1.807, 2.05) is 12.1 Å². The van der Waals surface area contributed by atoms with E-state index in [9.17, 15) is 8.42 Å². The fourth-order valence-electron chi connectivity index (χ4n) is 1.64. The summed E-state index contributed by atoms with van der Waals surface area (Å²) in [5.74, 6) is 0.503. The Bertz CT molecular complexity index is 404. The maximum absolute atomic E-state index is 11.2. The molecule has 84 valence electrons. The van der Waals surface area contributed by atoms with Crippen LogP contribution in [0.3, 0.4) is 0 Å². The molecule has 1 aromatic carbocycles. The molecule has 1 unspecified atom stereocenters. The number of sulfone groups is 1. The normalized spacial score (nSPS) is 13.8. The van der Waals surface area contributed by atoms with E-state index in [0.717, 1.165) is 12.8 Å². The summed E-state index contributed by atoms with van der Waals surface area (Å²) in [6.07, 6.45) is 3.52. The zero-order chi connectivity index (χ0) is 11.5. The lowest BCUT2D eigenvalue weighted by molar-refractivity contribution is 0.601. The average molecular weight is 226 g/mol. The van der Waals surface area contributed by atoms with Gasteiger partial charge in [-0.05, 0) is 30.0 Å². The van der Waals surface area contributed by atoms with E-state index in [2.05, 4.69) is 13.8 Å². The van der Waals surface area contributed by atoms with Crippen molar-refractivity contribution in [2.75, 3.05) is 6.26 Å². The lowest BCUT2D eigenvalue weighted by Gasteiger charge is -2.10. The molecule has 0 radical (unpaired) electrons. The van der Waals surface area contributed by atoms with E-state index in [1.165, 1.54) is 11.8 Å². The molecule has 0 saturated heterocycles. The van der Waals surface area contributed by atoms with Gasteiger partial charge in [-0.3, -0.25) is 0 Å². The maximum Gasteiger partial charge on any atom is 0.175 e. The minimum atomic E-state index is -3.06. The van der Waals surface area contributed by atoms with Gasteiger partial charge in [-0.2, -0.15) is 0 Å². The van der Waals surface area contributed by atoms with Crippen LogP contribution in [0.1, 0.15) is 38.2 Å². The topological polar surface area (TPSA) is 34.1 Å². The third-order valence-electron chi connectivity index (χ3n) is 2.60. The van der Waals surface area contributed by atoms with E-state index in [1.54, 1.807) is 12.1 Å². The largest absolute Gasteiger partial charge is 0.224 e. The van der Waals surface area contributed by atoms with Gasteiger partial charge < -0.3 is 0 Å². The predicted octanol–water partition coefficient (Wildman–Crippen LogP) is 2.99. The van der Waals surface area contributed by atoms with Gasteiger partial charge in [0.05, 0.1) is 4.90 Å². The van der Waals surface area contributed by atoms with Crippen molar-refractivity contribution < 1.29 is 8.42 Å². The molecule has 2 nitrogen and oxygen atoms in total. The van der Waals surface area contributed by atoms with E-state index in [-0.39, 0.29) is 0 Å². The van der Waals surface area contributed by atoms with Crippen LogP contribution in [0, 0.1) is 0 Å². The smallest absolute Gasteiger partial charge is 0.175 e. The predicted molar refractivity (Wildman–Crippen MR) is 62.9 cm³/mol. The molecule has 0 aliphatic heterocycles. The fraction of sp³-hybridized carbons (Fsp3) is 0.500. The third-order valence-corrected chi connectivity index (χ3v) is 3.73. The maximum atomic E-state index is 11.2. The molecule has 0 spiro atoms. The number of rotatable bonds is 4. The first-order valence-corrected chi connectivity index (χ1v) is 7.14. The molecule has 15 heavy (non-hydrogen) atoms. The van der Waals surface area contributed by atoms with Crippen molar-refractivity contribution in [2.24, 2.45) is 0 Å². The molecule has 0 saturated carbocycles. The molecular formula is C12H18O2S. The third kappa shape index (κ3) is 3.34. The molecule has 0 aromatic heterocycles. The van der Waals surface area contributed by atoms with Gasteiger partial charge in [-0.1, -0.05) is 32.4 Å². The van der Waals surface area contributed by atoms with Gasteiger partial charge in [0.25, 0.3) is 0 Å². The molecule has 0 aliphatic rings. The van der Waals surface area contributed by atoms with Crippen molar-refractivity contribution in [3.05, 3.63) is 29.8 Å². The van der Waals surface area contributed by atoms with Crippen LogP contribution in [0.2, 0.25) is 0 Å². The molecule has 0 heterocycles. The van der Waals surface area contributed by atoms with Crippen LogP contribution in [-0.4, -0.2) is 14.7 Å². The second-order valence-electron chi connectivity index (χ2n) is 4.03.